The summed E-state index contributed by atoms with van der Waals surface area (Å²) in [5.74, 6) is 0.172. The fourth-order valence-electron chi connectivity index (χ4n) is 2.95. The first-order valence-electron chi connectivity index (χ1n) is 8.07. The van der Waals surface area contributed by atoms with Crippen molar-refractivity contribution in [1.82, 2.24) is 15.4 Å². The molecule has 0 aliphatic carbocycles. The minimum Gasteiger partial charge on any atom is -0.361 e. The number of rotatable bonds is 4. The van der Waals surface area contributed by atoms with E-state index in [1.807, 2.05) is 60.9 Å². The number of fused-ring (bicyclic) bond motifs is 2. The first-order valence-corrected chi connectivity index (χ1v) is 8.07. The lowest BCUT2D eigenvalue weighted by Crippen LogP contribution is -2.37. The fourth-order valence-corrected chi connectivity index (χ4v) is 2.95. The summed E-state index contributed by atoms with van der Waals surface area (Å²) in [5, 5.41) is 6.34. The highest BCUT2D eigenvalue weighted by Gasteiger charge is 2.18. The molecule has 0 fully saturated rings. The molecule has 5 N–H and O–H groups in total. The van der Waals surface area contributed by atoms with Crippen LogP contribution in [0.4, 0.5) is 11.4 Å². The van der Waals surface area contributed by atoms with Gasteiger partial charge in [0.2, 0.25) is 0 Å². The van der Waals surface area contributed by atoms with Crippen molar-refractivity contribution in [2.24, 2.45) is 10.8 Å². The summed E-state index contributed by atoms with van der Waals surface area (Å²) in [7, 11) is 0. The molecule has 0 radical (unpaired) electrons. The van der Waals surface area contributed by atoms with Gasteiger partial charge in [-0.05, 0) is 24.3 Å². The van der Waals surface area contributed by atoms with E-state index in [0.29, 0.717) is 0 Å². The number of hydrogen-bond acceptors (Lipinski definition) is 1. The van der Waals surface area contributed by atoms with Crippen LogP contribution < -0.4 is 11.2 Å². The number of benzene rings is 2. The van der Waals surface area contributed by atoms with Crippen molar-refractivity contribution in [2.45, 2.75) is 0 Å². The Labute approximate surface area is 149 Å². The Balaban J connectivity index is 1.56. The van der Waals surface area contributed by atoms with Crippen LogP contribution >= 0.6 is 0 Å². The van der Waals surface area contributed by atoms with Gasteiger partial charge in [0.1, 0.15) is 0 Å². The topological polar surface area (TPSA) is 88.0 Å². The van der Waals surface area contributed by atoms with Gasteiger partial charge in [-0.2, -0.15) is 0 Å². The minimum absolute atomic E-state index is 0.172. The Hall–Kier alpha value is -3.87. The van der Waals surface area contributed by atoms with E-state index in [1.54, 1.807) is 4.68 Å². The van der Waals surface area contributed by atoms with Gasteiger partial charge in [0.25, 0.3) is 11.4 Å². The van der Waals surface area contributed by atoms with Crippen molar-refractivity contribution in [3.8, 4) is 0 Å². The summed E-state index contributed by atoms with van der Waals surface area (Å²) in [5.41, 5.74) is 12.7. The molecular formula is C19H19N7+2. The molecule has 0 bridgehead atoms. The van der Waals surface area contributed by atoms with Gasteiger partial charge < -0.3 is 15.7 Å². The van der Waals surface area contributed by atoms with E-state index in [4.69, 9.17) is 5.73 Å². The molecule has 2 heterocycles. The van der Waals surface area contributed by atoms with E-state index in [1.165, 1.54) is 4.68 Å². The Kier molecular flexibility index (Phi) is 3.74. The van der Waals surface area contributed by atoms with Crippen molar-refractivity contribution >= 4 is 52.6 Å². The molecule has 0 saturated heterocycles. The summed E-state index contributed by atoms with van der Waals surface area (Å²) in [6, 6.07) is 15.9. The SMILES string of the molecule is C=[N+](N=C(N)N[N+](=C)c1c[nH]c2ccccc12)c1c[nH]c2ccccc12. The minimum atomic E-state index is 0.172. The zero-order chi connectivity index (χ0) is 18.1. The van der Waals surface area contributed by atoms with Crippen LogP contribution in [-0.2, 0) is 0 Å². The zero-order valence-electron chi connectivity index (χ0n) is 14.1. The molecule has 4 rings (SSSR count). The van der Waals surface area contributed by atoms with Crippen LogP contribution in [0, 0.1) is 0 Å². The van der Waals surface area contributed by atoms with E-state index in [0.717, 1.165) is 33.2 Å². The third-order valence-corrected chi connectivity index (χ3v) is 4.18. The van der Waals surface area contributed by atoms with Crippen LogP contribution in [0.15, 0.2) is 66.0 Å². The van der Waals surface area contributed by atoms with E-state index < -0.39 is 0 Å². The molecule has 7 heteroatoms. The van der Waals surface area contributed by atoms with Crippen LogP contribution in [0.25, 0.3) is 21.8 Å². The maximum absolute atomic E-state index is 6.03. The highest BCUT2D eigenvalue weighted by molar-refractivity contribution is 5.90. The molecule has 4 aromatic rings. The van der Waals surface area contributed by atoms with Crippen molar-refractivity contribution in [1.29, 1.82) is 0 Å². The van der Waals surface area contributed by atoms with Gasteiger partial charge in [0.05, 0.1) is 34.2 Å². The number of nitrogens with two attached hydrogens (primary N) is 1. The maximum Gasteiger partial charge on any atom is 0.315 e. The van der Waals surface area contributed by atoms with Crippen molar-refractivity contribution < 1.29 is 9.37 Å². The van der Waals surface area contributed by atoms with Gasteiger partial charge >= 0.3 is 5.96 Å². The van der Waals surface area contributed by atoms with Crippen LogP contribution in [-0.4, -0.2) is 38.7 Å². The number of para-hydroxylation sites is 2. The molecule has 0 spiro atoms. The van der Waals surface area contributed by atoms with Gasteiger partial charge in [-0.3, -0.25) is 0 Å². The van der Waals surface area contributed by atoms with Crippen LogP contribution in [0.1, 0.15) is 0 Å². The van der Waals surface area contributed by atoms with Gasteiger partial charge in [-0.15, -0.1) is 5.43 Å². The molecular weight excluding hydrogens is 326 g/mol. The largest absolute Gasteiger partial charge is 0.361 e. The summed E-state index contributed by atoms with van der Waals surface area (Å²) < 4.78 is 3.05. The zero-order valence-corrected chi connectivity index (χ0v) is 14.1. The highest BCUT2D eigenvalue weighted by Crippen LogP contribution is 2.25. The molecule has 2 aromatic carbocycles. The van der Waals surface area contributed by atoms with Crippen LogP contribution in [0.2, 0.25) is 0 Å². The van der Waals surface area contributed by atoms with Gasteiger partial charge in [-0.1, -0.05) is 33.6 Å². The van der Waals surface area contributed by atoms with Crippen LogP contribution in [0.5, 0.6) is 0 Å². The molecule has 2 aromatic heterocycles. The second kappa shape index (κ2) is 6.21. The molecule has 0 aliphatic rings. The van der Waals surface area contributed by atoms with E-state index >= 15 is 0 Å². The number of aromatic nitrogens is 2. The number of hydrazone groups is 2. The van der Waals surface area contributed by atoms with Crippen molar-refractivity contribution in [3.63, 3.8) is 0 Å². The molecule has 0 amide bonds. The number of hydrogen-bond donors (Lipinski definition) is 4. The number of H-pyrrole nitrogens is 2. The first kappa shape index (κ1) is 15.6. The lowest BCUT2D eigenvalue weighted by atomic mass is 10.2. The predicted molar refractivity (Wildman–Crippen MR) is 105 cm³/mol. The molecule has 0 aliphatic heterocycles. The predicted octanol–water partition coefficient (Wildman–Crippen LogP) is 2.77. The number of nitrogens with one attached hydrogen (secondary N) is 3. The molecule has 0 atom stereocenters. The summed E-state index contributed by atoms with van der Waals surface area (Å²) >= 11 is 0. The Morgan fingerprint density at radius 1 is 0.885 bits per heavy atom. The van der Waals surface area contributed by atoms with Gasteiger partial charge in [-0.25, -0.2) is 0 Å². The van der Waals surface area contributed by atoms with Gasteiger partial charge in [0, 0.05) is 5.10 Å². The number of hydrazine groups is 1. The lowest BCUT2D eigenvalue weighted by Gasteiger charge is -2.00. The Morgan fingerprint density at radius 2 is 1.42 bits per heavy atom. The molecule has 7 nitrogen and oxygen atoms in total. The number of nitrogens with zero attached hydrogens (tertiary/aromatic N) is 3. The average Bonchev–Trinajstić information content (AvgIpc) is 3.26. The van der Waals surface area contributed by atoms with Crippen LogP contribution in [0.3, 0.4) is 0 Å². The quantitative estimate of drug-likeness (QED) is 0.198. The van der Waals surface area contributed by atoms with Crippen molar-refractivity contribution in [2.75, 3.05) is 0 Å². The first-order chi connectivity index (χ1) is 12.6. The molecule has 128 valence electrons. The Bertz CT molecular complexity index is 1160. The van der Waals surface area contributed by atoms with E-state index in [-0.39, 0.29) is 5.96 Å². The van der Waals surface area contributed by atoms with E-state index in [2.05, 4.69) is 33.9 Å². The van der Waals surface area contributed by atoms with Gasteiger partial charge in [0.15, 0.2) is 13.4 Å². The third kappa shape index (κ3) is 2.71. The Morgan fingerprint density at radius 3 is 2.08 bits per heavy atom. The normalized spacial score (nSPS) is 11.8. The summed E-state index contributed by atoms with van der Waals surface area (Å²) in [6.45, 7) is 7.94. The molecule has 0 saturated carbocycles. The molecule has 26 heavy (non-hydrogen) atoms. The molecule has 0 unspecified atom stereocenters. The van der Waals surface area contributed by atoms with E-state index in [9.17, 15) is 0 Å². The second-order valence-corrected chi connectivity index (χ2v) is 5.86. The fraction of sp³-hybridized carbons (Fsp3) is 0. The average molecular weight is 345 g/mol. The standard InChI is InChI=1S/C19H19N7/c1-25(17-11-21-15-9-5-3-7-13(15)17)23-19(20)24-26(2)18-12-22-16-10-6-4-8-14(16)18/h3-12,21-22H,1-2H2,(H3,20,23,24)/q+2. The maximum atomic E-state index is 6.03. The number of guanidine groups is 1. The lowest BCUT2D eigenvalue weighted by molar-refractivity contribution is -0.482. The second-order valence-electron chi connectivity index (χ2n) is 5.86. The third-order valence-electron chi connectivity index (χ3n) is 4.18. The summed E-state index contributed by atoms with van der Waals surface area (Å²) in [4.78, 5) is 6.38. The monoisotopic (exact) mass is 345 g/mol. The van der Waals surface area contributed by atoms with Crippen molar-refractivity contribution in [3.05, 3.63) is 60.9 Å². The summed E-state index contributed by atoms with van der Waals surface area (Å²) in [6.07, 6.45) is 3.70. The highest BCUT2D eigenvalue weighted by atomic mass is 15.5. The smallest absolute Gasteiger partial charge is 0.315 e. The number of aromatic amines is 2.